The molecule has 3 N–H and O–H groups in total. The lowest BCUT2D eigenvalue weighted by Gasteiger charge is -2.37. The Morgan fingerprint density at radius 3 is 2.70 bits per heavy atom. The molecular formula is C14H27N3O3. The van der Waals surface area contributed by atoms with Crippen molar-refractivity contribution in [3.8, 4) is 0 Å². The van der Waals surface area contributed by atoms with E-state index in [0.717, 1.165) is 25.9 Å². The smallest absolute Gasteiger partial charge is 0.329 e. The summed E-state index contributed by atoms with van der Waals surface area (Å²) in [5.41, 5.74) is -1.10. The monoisotopic (exact) mass is 285 g/mol. The minimum atomic E-state index is -1.10. The summed E-state index contributed by atoms with van der Waals surface area (Å²) in [4.78, 5) is 25.5. The molecule has 1 aliphatic carbocycles. The van der Waals surface area contributed by atoms with Gasteiger partial charge < -0.3 is 20.6 Å². The van der Waals surface area contributed by atoms with Crippen LogP contribution in [-0.2, 0) is 4.79 Å². The normalized spacial score (nSPS) is 26.3. The standard InChI is InChI=1S/C14H27N3O3/c1-4-17(3)9-8-15-13(20)16-14(12(18)19)7-5-6-11(2)10-14/h11H,4-10H2,1-3H3,(H,18,19)(H2,15,16,20). The van der Waals surface area contributed by atoms with Crippen molar-refractivity contribution < 1.29 is 14.7 Å². The average Bonchev–Trinajstić information content (AvgIpc) is 2.38. The molecule has 1 aliphatic rings. The molecule has 2 atom stereocenters. The van der Waals surface area contributed by atoms with Crippen molar-refractivity contribution in [2.24, 2.45) is 5.92 Å². The predicted molar refractivity (Wildman–Crippen MR) is 77.7 cm³/mol. The molecule has 0 spiro atoms. The molecule has 0 saturated heterocycles. The minimum Gasteiger partial charge on any atom is -0.480 e. The van der Waals surface area contributed by atoms with Gasteiger partial charge in [0.25, 0.3) is 0 Å². The molecule has 2 amide bonds. The quantitative estimate of drug-likeness (QED) is 0.686. The lowest BCUT2D eigenvalue weighted by atomic mass is 9.76. The number of hydrogen-bond acceptors (Lipinski definition) is 3. The van der Waals surface area contributed by atoms with Gasteiger partial charge in [0.05, 0.1) is 0 Å². The average molecular weight is 285 g/mol. The van der Waals surface area contributed by atoms with Gasteiger partial charge in [-0.1, -0.05) is 26.7 Å². The highest BCUT2D eigenvalue weighted by Gasteiger charge is 2.43. The number of amides is 2. The maximum absolute atomic E-state index is 11.9. The van der Waals surface area contributed by atoms with E-state index in [-0.39, 0.29) is 6.03 Å². The Labute approximate surface area is 120 Å². The van der Waals surface area contributed by atoms with Crippen molar-refractivity contribution in [2.75, 3.05) is 26.7 Å². The number of aliphatic carboxylic acids is 1. The molecule has 1 saturated carbocycles. The molecule has 6 nitrogen and oxygen atoms in total. The highest BCUT2D eigenvalue weighted by Crippen LogP contribution is 2.32. The number of carboxylic acid groups (broad SMARTS) is 1. The number of carbonyl (C=O) groups is 2. The van der Waals surface area contributed by atoms with Crippen LogP contribution in [0.2, 0.25) is 0 Å². The summed E-state index contributed by atoms with van der Waals surface area (Å²) in [6, 6.07) is -0.383. The van der Waals surface area contributed by atoms with Gasteiger partial charge in [0.1, 0.15) is 5.54 Å². The second-order valence-electron chi connectivity index (χ2n) is 5.87. The van der Waals surface area contributed by atoms with E-state index in [0.29, 0.717) is 25.3 Å². The Bertz CT molecular complexity index is 349. The van der Waals surface area contributed by atoms with Gasteiger partial charge in [-0.25, -0.2) is 9.59 Å². The van der Waals surface area contributed by atoms with E-state index in [9.17, 15) is 14.7 Å². The van der Waals surface area contributed by atoms with Crippen LogP contribution in [0.3, 0.4) is 0 Å². The summed E-state index contributed by atoms with van der Waals surface area (Å²) < 4.78 is 0. The van der Waals surface area contributed by atoms with E-state index in [4.69, 9.17) is 0 Å². The van der Waals surface area contributed by atoms with Crippen LogP contribution in [0.5, 0.6) is 0 Å². The van der Waals surface area contributed by atoms with E-state index < -0.39 is 11.5 Å². The summed E-state index contributed by atoms with van der Waals surface area (Å²) in [7, 11) is 1.97. The van der Waals surface area contributed by atoms with Gasteiger partial charge in [0.15, 0.2) is 0 Å². The van der Waals surface area contributed by atoms with Crippen LogP contribution in [0.15, 0.2) is 0 Å². The molecule has 0 aromatic rings. The van der Waals surface area contributed by atoms with Crippen molar-refractivity contribution in [1.29, 1.82) is 0 Å². The maximum atomic E-state index is 11.9. The molecule has 20 heavy (non-hydrogen) atoms. The van der Waals surface area contributed by atoms with Crippen molar-refractivity contribution in [3.05, 3.63) is 0 Å². The van der Waals surface area contributed by atoms with Crippen LogP contribution in [0, 0.1) is 5.92 Å². The first kappa shape index (κ1) is 16.8. The molecule has 0 aliphatic heterocycles. The van der Waals surface area contributed by atoms with Gasteiger partial charge in [-0.05, 0) is 32.4 Å². The maximum Gasteiger partial charge on any atom is 0.329 e. The van der Waals surface area contributed by atoms with Gasteiger partial charge >= 0.3 is 12.0 Å². The lowest BCUT2D eigenvalue weighted by Crippen LogP contribution is -2.59. The van der Waals surface area contributed by atoms with Crippen molar-refractivity contribution in [3.63, 3.8) is 0 Å². The number of nitrogens with zero attached hydrogens (tertiary/aromatic N) is 1. The van der Waals surface area contributed by atoms with Crippen LogP contribution >= 0.6 is 0 Å². The minimum absolute atomic E-state index is 0.325. The highest BCUT2D eigenvalue weighted by molar-refractivity contribution is 5.86. The topological polar surface area (TPSA) is 81.7 Å². The lowest BCUT2D eigenvalue weighted by molar-refractivity contribution is -0.146. The van der Waals surface area contributed by atoms with Crippen LogP contribution in [0.4, 0.5) is 4.79 Å². The van der Waals surface area contributed by atoms with Crippen molar-refractivity contribution >= 4 is 12.0 Å². The molecule has 0 aromatic heterocycles. The first-order valence-corrected chi connectivity index (χ1v) is 7.37. The molecule has 1 fully saturated rings. The summed E-state index contributed by atoms with van der Waals surface area (Å²) >= 11 is 0. The van der Waals surface area contributed by atoms with Gasteiger partial charge in [0, 0.05) is 13.1 Å². The van der Waals surface area contributed by atoms with Crippen LogP contribution in [-0.4, -0.2) is 54.2 Å². The molecule has 0 bridgehead atoms. The molecule has 1 rings (SSSR count). The highest BCUT2D eigenvalue weighted by atomic mass is 16.4. The molecule has 2 unspecified atom stereocenters. The zero-order valence-corrected chi connectivity index (χ0v) is 12.7. The number of carboxylic acids is 1. The number of rotatable bonds is 6. The zero-order chi connectivity index (χ0) is 15.2. The van der Waals surface area contributed by atoms with E-state index in [1.54, 1.807) is 0 Å². The Hall–Kier alpha value is -1.30. The summed E-state index contributed by atoms with van der Waals surface area (Å²) in [6.45, 7) is 6.26. The number of hydrogen-bond donors (Lipinski definition) is 3. The van der Waals surface area contributed by atoms with Crippen LogP contribution < -0.4 is 10.6 Å². The number of nitrogens with one attached hydrogen (secondary N) is 2. The Balaban J connectivity index is 2.49. The zero-order valence-electron chi connectivity index (χ0n) is 12.7. The fourth-order valence-electron chi connectivity index (χ4n) is 2.69. The van der Waals surface area contributed by atoms with E-state index in [1.807, 2.05) is 20.9 Å². The second kappa shape index (κ2) is 7.47. The Morgan fingerprint density at radius 1 is 1.45 bits per heavy atom. The molecule has 6 heteroatoms. The van der Waals surface area contributed by atoms with Crippen LogP contribution in [0.25, 0.3) is 0 Å². The Kier molecular flexibility index (Phi) is 6.26. The Morgan fingerprint density at radius 2 is 2.15 bits per heavy atom. The van der Waals surface area contributed by atoms with E-state index in [1.165, 1.54) is 0 Å². The second-order valence-corrected chi connectivity index (χ2v) is 5.87. The van der Waals surface area contributed by atoms with Crippen molar-refractivity contribution in [2.45, 2.75) is 45.1 Å². The fraction of sp³-hybridized carbons (Fsp3) is 0.857. The summed E-state index contributed by atoms with van der Waals surface area (Å²) in [5, 5.41) is 14.9. The molecule has 0 heterocycles. The molecular weight excluding hydrogens is 258 g/mol. The summed E-state index contributed by atoms with van der Waals surface area (Å²) in [6.07, 6.45) is 2.88. The molecule has 0 radical (unpaired) electrons. The molecule has 0 aromatic carbocycles. The van der Waals surface area contributed by atoms with Gasteiger partial charge in [-0.2, -0.15) is 0 Å². The number of carbonyl (C=O) groups excluding carboxylic acids is 1. The summed E-state index contributed by atoms with van der Waals surface area (Å²) in [5.74, 6) is -0.601. The third-order valence-electron chi connectivity index (χ3n) is 4.08. The van der Waals surface area contributed by atoms with Gasteiger partial charge in [0.2, 0.25) is 0 Å². The van der Waals surface area contributed by atoms with E-state index >= 15 is 0 Å². The van der Waals surface area contributed by atoms with Gasteiger partial charge in [-0.3, -0.25) is 0 Å². The third-order valence-corrected chi connectivity index (χ3v) is 4.08. The number of urea groups is 1. The first-order valence-electron chi connectivity index (χ1n) is 7.37. The van der Waals surface area contributed by atoms with Gasteiger partial charge in [-0.15, -0.1) is 0 Å². The predicted octanol–water partition coefficient (Wildman–Crippen LogP) is 1.27. The van der Waals surface area contributed by atoms with Crippen LogP contribution in [0.1, 0.15) is 39.5 Å². The number of likely N-dealkylation sites (N-methyl/N-ethyl adjacent to an activating group) is 1. The SMILES string of the molecule is CCN(C)CCNC(=O)NC1(C(=O)O)CCCC(C)C1. The van der Waals surface area contributed by atoms with E-state index in [2.05, 4.69) is 15.5 Å². The fourth-order valence-corrected chi connectivity index (χ4v) is 2.69. The van der Waals surface area contributed by atoms with Crippen molar-refractivity contribution in [1.82, 2.24) is 15.5 Å². The largest absolute Gasteiger partial charge is 0.480 e. The third kappa shape index (κ3) is 4.67. The first-order chi connectivity index (χ1) is 9.39. The molecule has 116 valence electrons.